The highest BCUT2D eigenvalue weighted by Crippen LogP contribution is 2.16. The van der Waals surface area contributed by atoms with E-state index >= 15 is 0 Å². The molecule has 0 aromatic heterocycles. The molecule has 0 spiro atoms. The maximum Gasteiger partial charge on any atom is 0.306 e. The molecule has 74 valence electrons. The summed E-state index contributed by atoms with van der Waals surface area (Å²) in [5, 5.41) is 18.9. The molecule has 0 bridgehead atoms. The standard InChI is InChI=1S/C8H15N3O2/c1-10-8(9)11-4-2-6(3-5-11)7(12)13/h6H,2-5H2,1H3,(H2,9,10)(H,12,13). The second-order valence-corrected chi connectivity index (χ2v) is 3.20. The quantitative estimate of drug-likeness (QED) is 0.395. The predicted molar refractivity (Wildman–Crippen MR) is 48.7 cm³/mol. The van der Waals surface area contributed by atoms with Crippen molar-refractivity contribution >= 4 is 11.9 Å². The molecule has 0 unspecified atom stereocenters. The number of nitrogens with one attached hydrogen (secondary N) is 2. The lowest BCUT2D eigenvalue weighted by atomic mass is 9.97. The van der Waals surface area contributed by atoms with Gasteiger partial charge in [0.2, 0.25) is 0 Å². The van der Waals surface area contributed by atoms with Crippen LogP contribution in [0.15, 0.2) is 0 Å². The largest absolute Gasteiger partial charge is 0.481 e. The summed E-state index contributed by atoms with van der Waals surface area (Å²) in [5.74, 6) is -0.555. The number of hydrogen-bond donors (Lipinski definition) is 3. The van der Waals surface area contributed by atoms with Crippen LogP contribution in [-0.4, -0.2) is 42.1 Å². The Balaban J connectivity index is 2.39. The van der Waals surface area contributed by atoms with Gasteiger partial charge in [-0.25, -0.2) is 0 Å². The number of hydrogen-bond acceptors (Lipinski definition) is 2. The average molecular weight is 185 g/mol. The van der Waals surface area contributed by atoms with Gasteiger partial charge in [0.15, 0.2) is 5.96 Å². The number of guanidine groups is 1. The molecule has 1 saturated heterocycles. The van der Waals surface area contributed by atoms with E-state index in [2.05, 4.69) is 5.32 Å². The summed E-state index contributed by atoms with van der Waals surface area (Å²) in [6, 6.07) is 0. The van der Waals surface area contributed by atoms with E-state index in [9.17, 15) is 4.79 Å². The van der Waals surface area contributed by atoms with Crippen LogP contribution >= 0.6 is 0 Å². The molecule has 5 nitrogen and oxygen atoms in total. The Labute approximate surface area is 77.2 Å². The van der Waals surface area contributed by atoms with Crippen LogP contribution in [0, 0.1) is 11.3 Å². The van der Waals surface area contributed by atoms with Crippen LogP contribution in [0.25, 0.3) is 0 Å². The Bertz CT molecular complexity index is 209. The lowest BCUT2D eigenvalue weighted by Crippen LogP contribution is -2.44. The summed E-state index contributed by atoms with van der Waals surface area (Å²) in [7, 11) is 1.70. The fourth-order valence-corrected chi connectivity index (χ4v) is 1.51. The smallest absolute Gasteiger partial charge is 0.306 e. The van der Waals surface area contributed by atoms with Crippen LogP contribution in [0.2, 0.25) is 0 Å². The van der Waals surface area contributed by atoms with E-state index in [-0.39, 0.29) is 5.92 Å². The van der Waals surface area contributed by atoms with Crippen LogP contribution in [0.4, 0.5) is 0 Å². The third-order valence-electron chi connectivity index (χ3n) is 2.40. The molecule has 1 aliphatic heterocycles. The highest BCUT2D eigenvalue weighted by Gasteiger charge is 2.25. The van der Waals surface area contributed by atoms with Gasteiger partial charge in [-0.1, -0.05) is 0 Å². The molecule has 0 amide bonds. The number of piperidine rings is 1. The van der Waals surface area contributed by atoms with Crippen molar-refractivity contribution in [3.8, 4) is 0 Å². The number of carboxylic acid groups (broad SMARTS) is 1. The van der Waals surface area contributed by atoms with E-state index in [1.54, 1.807) is 7.05 Å². The topological polar surface area (TPSA) is 76.4 Å². The maximum atomic E-state index is 10.6. The second kappa shape index (κ2) is 4.11. The lowest BCUT2D eigenvalue weighted by Gasteiger charge is -2.31. The zero-order chi connectivity index (χ0) is 9.84. The summed E-state index contributed by atoms with van der Waals surface area (Å²) in [6.07, 6.45) is 1.28. The third kappa shape index (κ3) is 2.34. The minimum Gasteiger partial charge on any atom is -0.481 e. The van der Waals surface area contributed by atoms with Gasteiger partial charge in [-0.05, 0) is 12.8 Å². The van der Waals surface area contributed by atoms with E-state index in [4.69, 9.17) is 10.5 Å². The maximum absolute atomic E-state index is 10.6. The average Bonchev–Trinajstić information content (AvgIpc) is 2.17. The van der Waals surface area contributed by atoms with E-state index in [1.807, 2.05) is 4.90 Å². The first-order valence-corrected chi connectivity index (χ1v) is 4.39. The summed E-state index contributed by atoms with van der Waals surface area (Å²) < 4.78 is 0. The lowest BCUT2D eigenvalue weighted by molar-refractivity contribution is -0.143. The number of carboxylic acids is 1. The number of aliphatic carboxylic acids is 1. The van der Waals surface area contributed by atoms with Crippen molar-refractivity contribution in [1.82, 2.24) is 10.2 Å². The van der Waals surface area contributed by atoms with Gasteiger partial charge in [0, 0.05) is 20.1 Å². The third-order valence-corrected chi connectivity index (χ3v) is 2.40. The van der Waals surface area contributed by atoms with Gasteiger partial charge >= 0.3 is 5.97 Å². The van der Waals surface area contributed by atoms with Crippen molar-refractivity contribution in [2.45, 2.75) is 12.8 Å². The Morgan fingerprint density at radius 3 is 2.46 bits per heavy atom. The van der Waals surface area contributed by atoms with Gasteiger partial charge in [0.25, 0.3) is 0 Å². The second-order valence-electron chi connectivity index (χ2n) is 3.20. The molecule has 5 heteroatoms. The van der Waals surface area contributed by atoms with Crippen LogP contribution in [0.1, 0.15) is 12.8 Å². The van der Waals surface area contributed by atoms with E-state index in [0.29, 0.717) is 31.9 Å². The molecule has 0 saturated carbocycles. The Hall–Kier alpha value is -1.26. The molecule has 0 aromatic carbocycles. The van der Waals surface area contributed by atoms with Crippen molar-refractivity contribution in [3.63, 3.8) is 0 Å². The Morgan fingerprint density at radius 2 is 2.08 bits per heavy atom. The van der Waals surface area contributed by atoms with Crippen LogP contribution in [0.3, 0.4) is 0 Å². The molecular weight excluding hydrogens is 170 g/mol. The molecule has 0 aliphatic carbocycles. The zero-order valence-corrected chi connectivity index (χ0v) is 7.71. The van der Waals surface area contributed by atoms with Gasteiger partial charge in [0.05, 0.1) is 5.92 Å². The first-order chi connectivity index (χ1) is 6.15. The fraction of sp³-hybridized carbons (Fsp3) is 0.750. The van der Waals surface area contributed by atoms with Gasteiger partial charge < -0.3 is 15.3 Å². The molecule has 0 radical (unpaired) electrons. The first kappa shape index (κ1) is 9.83. The molecule has 1 rings (SSSR count). The zero-order valence-electron chi connectivity index (χ0n) is 7.71. The van der Waals surface area contributed by atoms with Gasteiger partial charge in [-0.2, -0.15) is 0 Å². The highest BCUT2D eigenvalue weighted by atomic mass is 16.4. The number of rotatable bonds is 1. The highest BCUT2D eigenvalue weighted by molar-refractivity contribution is 5.77. The molecular formula is C8H15N3O2. The Morgan fingerprint density at radius 1 is 1.54 bits per heavy atom. The summed E-state index contributed by atoms with van der Waals surface area (Å²) in [4.78, 5) is 12.5. The van der Waals surface area contributed by atoms with Crippen molar-refractivity contribution in [2.24, 2.45) is 5.92 Å². The Kier molecular flexibility index (Phi) is 3.11. The van der Waals surface area contributed by atoms with E-state index in [1.165, 1.54) is 0 Å². The van der Waals surface area contributed by atoms with Crippen molar-refractivity contribution < 1.29 is 9.90 Å². The molecule has 0 aromatic rings. The minimum atomic E-state index is -0.712. The van der Waals surface area contributed by atoms with Crippen LogP contribution < -0.4 is 5.32 Å². The molecule has 1 aliphatic rings. The SMILES string of the molecule is CNC(=N)N1CCC(C(=O)O)CC1. The fourth-order valence-electron chi connectivity index (χ4n) is 1.51. The summed E-state index contributed by atoms with van der Waals surface area (Å²) >= 11 is 0. The van der Waals surface area contributed by atoms with Crippen molar-refractivity contribution in [3.05, 3.63) is 0 Å². The minimum absolute atomic E-state index is 0.221. The van der Waals surface area contributed by atoms with E-state index < -0.39 is 5.97 Å². The predicted octanol–water partition coefficient (Wildman–Crippen LogP) is -0.0628. The van der Waals surface area contributed by atoms with Gasteiger partial charge in [0.1, 0.15) is 0 Å². The molecule has 1 heterocycles. The molecule has 3 N–H and O–H groups in total. The number of nitrogens with zero attached hydrogens (tertiary/aromatic N) is 1. The van der Waals surface area contributed by atoms with Crippen LogP contribution in [-0.2, 0) is 4.79 Å². The number of carbonyl (C=O) groups is 1. The summed E-state index contributed by atoms with van der Waals surface area (Å²) in [5.41, 5.74) is 0. The summed E-state index contributed by atoms with van der Waals surface area (Å²) in [6.45, 7) is 1.33. The van der Waals surface area contributed by atoms with Gasteiger partial charge in [-0.15, -0.1) is 0 Å². The monoisotopic (exact) mass is 185 g/mol. The number of likely N-dealkylation sites (tertiary alicyclic amines) is 1. The molecule has 13 heavy (non-hydrogen) atoms. The van der Waals surface area contributed by atoms with Gasteiger partial charge in [-0.3, -0.25) is 10.2 Å². The first-order valence-electron chi connectivity index (χ1n) is 4.39. The molecule has 1 fully saturated rings. The van der Waals surface area contributed by atoms with Crippen molar-refractivity contribution in [2.75, 3.05) is 20.1 Å². The normalized spacial score (nSPS) is 18.4. The van der Waals surface area contributed by atoms with Crippen LogP contribution in [0.5, 0.6) is 0 Å². The van der Waals surface area contributed by atoms with Crippen molar-refractivity contribution in [1.29, 1.82) is 5.41 Å². The van der Waals surface area contributed by atoms with E-state index in [0.717, 1.165) is 0 Å². The molecule has 0 atom stereocenters.